The summed E-state index contributed by atoms with van der Waals surface area (Å²) in [7, 11) is -0.325. The van der Waals surface area contributed by atoms with Crippen molar-refractivity contribution in [3.8, 4) is 0 Å². The normalized spacial score (nSPS) is 32.0. The number of hydrogen-bond donors (Lipinski definition) is 3. The molecule has 1 aliphatic heterocycles. The van der Waals surface area contributed by atoms with Crippen LogP contribution in [0.1, 0.15) is 58.4 Å². The minimum Gasteiger partial charge on any atom is -0.405 e. The first-order valence-corrected chi connectivity index (χ1v) is 12.4. The zero-order chi connectivity index (χ0) is 22.9. The van der Waals surface area contributed by atoms with E-state index in [9.17, 15) is 4.79 Å². The summed E-state index contributed by atoms with van der Waals surface area (Å²) >= 11 is 0. The predicted octanol–water partition coefficient (Wildman–Crippen LogP) is 2.90. The van der Waals surface area contributed by atoms with Crippen LogP contribution < -0.4 is 16.8 Å². The number of nitrogens with two attached hydrogens (primary N) is 2. The van der Waals surface area contributed by atoms with Gasteiger partial charge >= 0.3 is 7.12 Å². The van der Waals surface area contributed by atoms with Crippen LogP contribution in [0.5, 0.6) is 0 Å². The number of hydrogen-bond acceptors (Lipinski definition) is 5. The van der Waals surface area contributed by atoms with Crippen molar-refractivity contribution in [2.24, 2.45) is 28.7 Å². The summed E-state index contributed by atoms with van der Waals surface area (Å²) in [4.78, 5) is 12.6. The summed E-state index contributed by atoms with van der Waals surface area (Å²) in [5, 5.41) is 3.08. The van der Waals surface area contributed by atoms with Gasteiger partial charge in [-0.1, -0.05) is 50.6 Å². The minimum absolute atomic E-state index is 0.0281. The van der Waals surface area contributed by atoms with E-state index in [-0.39, 0.29) is 30.5 Å². The maximum absolute atomic E-state index is 12.6. The van der Waals surface area contributed by atoms with Gasteiger partial charge < -0.3 is 26.1 Å². The van der Waals surface area contributed by atoms with E-state index in [2.05, 4.69) is 38.2 Å². The summed E-state index contributed by atoms with van der Waals surface area (Å²) in [6, 6.07) is 9.86. The van der Waals surface area contributed by atoms with Crippen LogP contribution in [0.25, 0.3) is 0 Å². The highest BCUT2D eigenvalue weighted by atomic mass is 16.7. The Labute approximate surface area is 193 Å². The van der Waals surface area contributed by atoms with Gasteiger partial charge in [0, 0.05) is 12.4 Å². The molecule has 6 nitrogen and oxygen atoms in total. The van der Waals surface area contributed by atoms with Crippen molar-refractivity contribution in [3.63, 3.8) is 0 Å². The van der Waals surface area contributed by atoms with Gasteiger partial charge in [0.15, 0.2) is 0 Å². The Bertz CT molecular complexity index is 792. The summed E-state index contributed by atoms with van der Waals surface area (Å²) in [6.45, 7) is 8.10. The zero-order valence-electron chi connectivity index (χ0n) is 19.9. The molecule has 0 aromatic heterocycles. The molecule has 0 radical (unpaired) electrons. The van der Waals surface area contributed by atoms with E-state index in [0.717, 1.165) is 25.7 Å². The van der Waals surface area contributed by atoms with Crippen LogP contribution >= 0.6 is 0 Å². The van der Waals surface area contributed by atoms with Gasteiger partial charge in [-0.15, -0.1) is 0 Å². The molecule has 7 heteroatoms. The quantitative estimate of drug-likeness (QED) is 0.383. The standard InChI is InChI=1S/C25H40BN3O3/c1-24(2)18-14-21(24)25(3)22(15-18)31-26(32-25)19(13-17-9-5-4-6-10-17)16-29-23(30)20(28)11-7-8-12-27/h4-6,9-10,18-22H,7-8,11-16,27-28H2,1-3H3,(H,29,30)/t18-,19?,20-,21-,22+,25-/m1/s1. The second-order valence-electron chi connectivity index (χ2n) is 10.9. The lowest BCUT2D eigenvalue weighted by Gasteiger charge is -2.64. The number of carbonyl (C=O) groups excluding carboxylic acids is 1. The Morgan fingerprint density at radius 2 is 1.97 bits per heavy atom. The van der Waals surface area contributed by atoms with Gasteiger partial charge in [0.2, 0.25) is 5.91 Å². The van der Waals surface area contributed by atoms with Gasteiger partial charge in [0.25, 0.3) is 0 Å². The molecule has 3 aliphatic carbocycles. The van der Waals surface area contributed by atoms with E-state index in [1.807, 2.05) is 18.2 Å². The van der Waals surface area contributed by atoms with Crippen LogP contribution in [-0.2, 0) is 20.5 Å². The Balaban J connectivity index is 1.43. The van der Waals surface area contributed by atoms with Crippen molar-refractivity contribution in [1.29, 1.82) is 0 Å². The van der Waals surface area contributed by atoms with Crippen molar-refractivity contribution < 1.29 is 14.1 Å². The molecule has 3 saturated carbocycles. The summed E-state index contributed by atoms with van der Waals surface area (Å²) in [6.07, 6.45) is 5.62. The molecular formula is C25H40BN3O3. The highest BCUT2D eigenvalue weighted by Crippen LogP contribution is 2.66. The fourth-order valence-corrected chi connectivity index (χ4v) is 6.29. The zero-order valence-corrected chi connectivity index (χ0v) is 19.9. The Morgan fingerprint density at radius 1 is 1.22 bits per heavy atom. The van der Waals surface area contributed by atoms with Crippen LogP contribution in [0.15, 0.2) is 30.3 Å². The second kappa shape index (κ2) is 9.45. The molecule has 1 unspecified atom stereocenters. The number of rotatable bonds is 10. The van der Waals surface area contributed by atoms with E-state index in [1.165, 1.54) is 12.0 Å². The van der Waals surface area contributed by atoms with Gasteiger partial charge in [-0.25, -0.2) is 0 Å². The summed E-state index contributed by atoms with van der Waals surface area (Å²) < 4.78 is 13.3. The molecule has 1 amide bonds. The van der Waals surface area contributed by atoms with E-state index < -0.39 is 6.04 Å². The van der Waals surface area contributed by atoms with E-state index in [1.54, 1.807) is 0 Å². The molecular weight excluding hydrogens is 401 g/mol. The molecule has 2 bridgehead atoms. The molecule has 6 atom stereocenters. The summed E-state index contributed by atoms with van der Waals surface area (Å²) in [5.74, 6) is 1.16. The van der Waals surface area contributed by atoms with Crippen LogP contribution in [0, 0.1) is 17.3 Å². The molecule has 5 rings (SSSR count). The van der Waals surface area contributed by atoms with Crippen LogP contribution in [0.4, 0.5) is 0 Å². The van der Waals surface area contributed by atoms with Crippen molar-refractivity contribution in [1.82, 2.24) is 5.32 Å². The minimum atomic E-state index is -0.502. The second-order valence-corrected chi connectivity index (χ2v) is 10.9. The number of benzene rings is 1. The molecule has 4 aliphatic rings. The Morgan fingerprint density at radius 3 is 2.66 bits per heavy atom. The smallest absolute Gasteiger partial charge is 0.405 e. The predicted molar refractivity (Wildman–Crippen MR) is 128 cm³/mol. The first-order chi connectivity index (χ1) is 15.3. The molecule has 0 spiro atoms. The largest absolute Gasteiger partial charge is 0.463 e. The molecule has 1 aromatic rings. The van der Waals surface area contributed by atoms with Crippen LogP contribution in [0.2, 0.25) is 5.82 Å². The highest BCUT2D eigenvalue weighted by molar-refractivity contribution is 6.47. The highest BCUT2D eigenvalue weighted by Gasteiger charge is 2.68. The van der Waals surface area contributed by atoms with E-state index in [0.29, 0.717) is 36.8 Å². The van der Waals surface area contributed by atoms with Crippen molar-refractivity contribution >= 4 is 13.0 Å². The van der Waals surface area contributed by atoms with Gasteiger partial charge in [-0.3, -0.25) is 4.79 Å². The summed E-state index contributed by atoms with van der Waals surface area (Å²) in [5.41, 5.74) is 12.9. The fourth-order valence-electron chi connectivity index (χ4n) is 6.29. The van der Waals surface area contributed by atoms with Crippen LogP contribution in [-0.4, -0.2) is 43.9 Å². The lowest BCUT2D eigenvalue weighted by Crippen LogP contribution is -2.65. The molecule has 5 N–H and O–H groups in total. The molecule has 1 heterocycles. The maximum Gasteiger partial charge on any atom is 0.463 e. The number of carbonyl (C=O) groups is 1. The molecule has 1 aromatic carbocycles. The lowest BCUT2D eigenvalue weighted by atomic mass is 9.43. The average molecular weight is 441 g/mol. The third-order valence-electron chi connectivity index (χ3n) is 8.54. The van der Waals surface area contributed by atoms with Gasteiger partial charge in [0.1, 0.15) is 0 Å². The van der Waals surface area contributed by atoms with Crippen molar-refractivity contribution in [2.75, 3.05) is 13.1 Å². The monoisotopic (exact) mass is 441 g/mol. The van der Waals surface area contributed by atoms with E-state index >= 15 is 0 Å². The van der Waals surface area contributed by atoms with Crippen LogP contribution in [0.3, 0.4) is 0 Å². The molecule has 176 valence electrons. The molecule has 4 fully saturated rings. The Hall–Kier alpha value is -1.41. The van der Waals surface area contributed by atoms with E-state index in [4.69, 9.17) is 20.8 Å². The van der Waals surface area contributed by atoms with Gasteiger partial charge in [-0.05, 0) is 68.4 Å². The van der Waals surface area contributed by atoms with Gasteiger partial charge in [-0.2, -0.15) is 0 Å². The SMILES string of the molecule is CC1(C)[C@H]2C[C@@H]3OB(C(CNC(=O)[C@H](N)CCCCN)Cc4ccccc4)O[C@]3(C)[C@@H]1C2. The first kappa shape index (κ1) is 23.7. The fraction of sp³-hybridized carbons (Fsp3) is 0.720. The number of amides is 1. The number of unbranched alkanes of at least 4 members (excludes halogenated alkanes) is 1. The average Bonchev–Trinajstić information content (AvgIpc) is 3.14. The topological polar surface area (TPSA) is 99.6 Å². The van der Waals surface area contributed by atoms with Gasteiger partial charge in [0.05, 0.1) is 17.7 Å². The maximum atomic E-state index is 12.6. The third kappa shape index (κ3) is 4.50. The molecule has 32 heavy (non-hydrogen) atoms. The third-order valence-corrected chi connectivity index (χ3v) is 8.54. The first-order valence-electron chi connectivity index (χ1n) is 12.4. The van der Waals surface area contributed by atoms with Crippen molar-refractivity contribution in [3.05, 3.63) is 35.9 Å². The number of nitrogens with one attached hydrogen (secondary N) is 1. The lowest BCUT2D eigenvalue weighted by molar-refractivity contribution is -0.199. The van der Waals surface area contributed by atoms with Crippen molar-refractivity contribution in [2.45, 2.75) is 82.9 Å². The molecule has 1 saturated heterocycles. The Kier molecular flexibility index (Phi) is 7.01.